The molecule has 9 heteroatoms. The molecule has 1 aromatic carbocycles. The monoisotopic (exact) mass is 505 g/mol. The zero-order chi connectivity index (χ0) is 24.0. The summed E-state index contributed by atoms with van der Waals surface area (Å²) < 4.78 is 39.1. The molecule has 2 unspecified atom stereocenters. The van der Waals surface area contributed by atoms with Gasteiger partial charge in [-0.2, -0.15) is 13.2 Å². The van der Waals surface area contributed by atoms with Crippen molar-refractivity contribution in [1.29, 1.82) is 0 Å². The lowest BCUT2D eigenvalue weighted by Crippen LogP contribution is -2.53. The molecule has 0 spiro atoms. The Kier molecular flexibility index (Phi) is 11.0. The van der Waals surface area contributed by atoms with Crippen LogP contribution in [-0.4, -0.2) is 77.3 Å². The minimum atomic E-state index is -4.32. The molecule has 1 aromatic rings. The van der Waals surface area contributed by atoms with Crippen molar-refractivity contribution in [2.45, 2.75) is 70.6 Å². The van der Waals surface area contributed by atoms with Gasteiger partial charge in [-0.3, -0.25) is 0 Å². The van der Waals surface area contributed by atoms with E-state index in [1.807, 2.05) is 9.80 Å². The maximum absolute atomic E-state index is 13.0. The number of aliphatic hydroxyl groups is 1. The van der Waals surface area contributed by atoms with Gasteiger partial charge in [0, 0.05) is 32.2 Å². The van der Waals surface area contributed by atoms with E-state index in [0.29, 0.717) is 17.9 Å². The van der Waals surface area contributed by atoms with Crippen LogP contribution >= 0.6 is 12.4 Å². The number of benzene rings is 1. The number of alkyl halides is 3. The predicted octanol–water partition coefficient (Wildman–Crippen LogP) is 5.06. The van der Waals surface area contributed by atoms with Crippen molar-refractivity contribution in [3.05, 3.63) is 35.4 Å². The molecule has 2 aliphatic heterocycles. The van der Waals surface area contributed by atoms with Crippen molar-refractivity contribution >= 4 is 18.4 Å². The van der Waals surface area contributed by atoms with Gasteiger partial charge in [0.1, 0.15) is 0 Å². The summed E-state index contributed by atoms with van der Waals surface area (Å²) in [5.41, 5.74) is 0.112. The molecule has 0 bridgehead atoms. The minimum Gasteiger partial charge on any atom is -0.394 e. The zero-order valence-corrected chi connectivity index (χ0v) is 21.1. The molecule has 194 valence electrons. The van der Waals surface area contributed by atoms with Crippen LogP contribution in [0.4, 0.5) is 18.0 Å². The molecule has 1 N–H and O–H groups in total. The molecule has 34 heavy (non-hydrogen) atoms. The van der Waals surface area contributed by atoms with Crippen LogP contribution in [0.15, 0.2) is 24.3 Å². The van der Waals surface area contributed by atoms with E-state index in [-0.39, 0.29) is 37.1 Å². The average molecular weight is 506 g/mol. The van der Waals surface area contributed by atoms with Crippen LogP contribution < -0.4 is 0 Å². The number of hydrogen-bond donors (Lipinski definition) is 1. The van der Waals surface area contributed by atoms with Gasteiger partial charge < -0.3 is 19.8 Å². The second-order valence-electron chi connectivity index (χ2n) is 9.58. The van der Waals surface area contributed by atoms with Crippen molar-refractivity contribution < 1.29 is 23.1 Å². The highest BCUT2D eigenvalue weighted by Gasteiger charge is 2.33. The Morgan fingerprint density at radius 2 is 1.88 bits per heavy atom. The van der Waals surface area contributed by atoms with Crippen LogP contribution in [0.25, 0.3) is 0 Å². The maximum Gasteiger partial charge on any atom is 0.416 e. The lowest BCUT2D eigenvalue weighted by molar-refractivity contribution is -0.137. The van der Waals surface area contributed by atoms with Crippen LogP contribution in [0, 0.1) is 5.92 Å². The van der Waals surface area contributed by atoms with E-state index in [2.05, 4.69) is 18.7 Å². The van der Waals surface area contributed by atoms with E-state index in [1.165, 1.54) is 12.1 Å². The van der Waals surface area contributed by atoms with Crippen molar-refractivity contribution in [2.75, 3.05) is 39.3 Å². The number of amides is 2. The highest BCUT2D eigenvalue weighted by atomic mass is 35.5. The van der Waals surface area contributed by atoms with E-state index in [0.717, 1.165) is 70.9 Å². The second-order valence-corrected chi connectivity index (χ2v) is 9.58. The molecule has 2 heterocycles. The van der Waals surface area contributed by atoms with E-state index in [9.17, 15) is 23.1 Å². The zero-order valence-electron chi connectivity index (χ0n) is 20.3. The standard InChI is InChI=1S/C25H38F3N3O2.ClH/c1-3-29(19(2)15-21-7-6-8-22(16-21)25(26,27)28)17-20-10-13-30(14-11-20)24(33)31-12-5-4-9-23(31)18-32;/h6-8,16,19-20,23,32H,3-5,9-15,17-18H2,1-2H3;1H. The summed E-state index contributed by atoms with van der Waals surface area (Å²) in [5, 5.41) is 9.62. The molecule has 2 fully saturated rings. The second kappa shape index (κ2) is 13.0. The predicted molar refractivity (Wildman–Crippen MR) is 130 cm³/mol. The van der Waals surface area contributed by atoms with Gasteiger partial charge in [0.15, 0.2) is 0 Å². The number of carbonyl (C=O) groups excluding carboxylic acids is 1. The summed E-state index contributed by atoms with van der Waals surface area (Å²) in [6.45, 7) is 8.08. The number of aliphatic hydroxyl groups excluding tert-OH is 1. The first kappa shape index (κ1) is 28.7. The largest absolute Gasteiger partial charge is 0.416 e. The highest BCUT2D eigenvalue weighted by molar-refractivity contribution is 5.85. The molecule has 0 radical (unpaired) electrons. The number of likely N-dealkylation sites (tertiary alicyclic amines) is 2. The summed E-state index contributed by atoms with van der Waals surface area (Å²) in [6, 6.07) is 5.76. The highest BCUT2D eigenvalue weighted by Crippen LogP contribution is 2.30. The summed E-state index contributed by atoms with van der Waals surface area (Å²) in [4.78, 5) is 19.1. The summed E-state index contributed by atoms with van der Waals surface area (Å²) in [5.74, 6) is 0.466. The molecule has 2 aliphatic rings. The van der Waals surface area contributed by atoms with Crippen molar-refractivity contribution in [3.8, 4) is 0 Å². The van der Waals surface area contributed by atoms with Crippen LogP contribution in [0.3, 0.4) is 0 Å². The molecular formula is C25H39ClF3N3O2. The molecule has 3 rings (SSSR count). The fourth-order valence-corrected chi connectivity index (χ4v) is 5.23. The topological polar surface area (TPSA) is 47.0 Å². The molecule has 5 nitrogen and oxygen atoms in total. The molecule has 0 saturated carbocycles. The van der Waals surface area contributed by atoms with Crippen molar-refractivity contribution in [2.24, 2.45) is 5.92 Å². The molecule has 0 aliphatic carbocycles. The molecular weight excluding hydrogens is 467 g/mol. The molecule has 2 saturated heterocycles. The van der Waals surface area contributed by atoms with E-state index in [4.69, 9.17) is 0 Å². The smallest absolute Gasteiger partial charge is 0.394 e. The minimum absolute atomic E-state index is 0. The fourth-order valence-electron chi connectivity index (χ4n) is 5.23. The van der Waals surface area contributed by atoms with Gasteiger partial charge in [-0.1, -0.05) is 25.1 Å². The summed E-state index contributed by atoms with van der Waals surface area (Å²) >= 11 is 0. The SMILES string of the molecule is CCN(CC1CCN(C(=O)N2CCCCC2CO)CC1)C(C)Cc1cccc(C(F)(F)F)c1.Cl. The van der Waals surface area contributed by atoms with Gasteiger partial charge >= 0.3 is 12.2 Å². The van der Waals surface area contributed by atoms with Crippen LogP contribution in [0.1, 0.15) is 57.1 Å². The van der Waals surface area contributed by atoms with Gasteiger partial charge in [0.05, 0.1) is 18.2 Å². The fraction of sp³-hybridized carbons (Fsp3) is 0.720. The summed E-state index contributed by atoms with van der Waals surface area (Å²) in [7, 11) is 0. The van der Waals surface area contributed by atoms with Gasteiger partial charge in [-0.05, 0) is 69.5 Å². The van der Waals surface area contributed by atoms with Crippen LogP contribution in [0.5, 0.6) is 0 Å². The first-order chi connectivity index (χ1) is 15.7. The Labute approximate surface area is 207 Å². The lowest BCUT2D eigenvalue weighted by Gasteiger charge is -2.41. The number of halogens is 4. The number of nitrogens with zero attached hydrogens (tertiary/aromatic N) is 3. The Morgan fingerprint density at radius 3 is 2.50 bits per heavy atom. The van der Waals surface area contributed by atoms with Crippen LogP contribution in [-0.2, 0) is 12.6 Å². The number of rotatable bonds is 7. The average Bonchev–Trinajstić information content (AvgIpc) is 2.82. The van der Waals surface area contributed by atoms with Gasteiger partial charge in [0.25, 0.3) is 0 Å². The number of hydrogen-bond acceptors (Lipinski definition) is 3. The Balaban J connectivity index is 0.00000408. The lowest BCUT2D eigenvalue weighted by atomic mass is 9.94. The van der Waals surface area contributed by atoms with Crippen molar-refractivity contribution in [1.82, 2.24) is 14.7 Å². The Bertz CT molecular complexity index is 772. The van der Waals surface area contributed by atoms with E-state index in [1.54, 1.807) is 6.07 Å². The van der Waals surface area contributed by atoms with Gasteiger partial charge in [0.2, 0.25) is 0 Å². The molecule has 0 aromatic heterocycles. The molecule has 2 atom stereocenters. The number of piperidine rings is 2. The number of urea groups is 1. The third-order valence-corrected chi connectivity index (χ3v) is 7.28. The van der Waals surface area contributed by atoms with Gasteiger partial charge in [-0.25, -0.2) is 4.79 Å². The maximum atomic E-state index is 13.0. The summed E-state index contributed by atoms with van der Waals surface area (Å²) in [6.07, 6.45) is 1.03. The third kappa shape index (κ3) is 7.49. The normalized spacial score (nSPS) is 20.9. The quantitative estimate of drug-likeness (QED) is 0.563. The van der Waals surface area contributed by atoms with Crippen molar-refractivity contribution in [3.63, 3.8) is 0 Å². The Morgan fingerprint density at radius 1 is 1.18 bits per heavy atom. The number of likely N-dealkylation sites (N-methyl/N-ethyl adjacent to an activating group) is 1. The molecule has 2 amide bonds. The Hall–Kier alpha value is -1.51. The first-order valence-electron chi connectivity index (χ1n) is 12.3. The third-order valence-electron chi connectivity index (χ3n) is 7.28. The number of carbonyl (C=O) groups is 1. The van der Waals surface area contributed by atoms with E-state index >= 15 is 0 Å². The van der Waals surface area contributed by atoms with Gasteiger partial charge in [-0.15, -0.1) is 12.4 Å². The first-order valence-corrected chi connectivity index (χ1v) is 12.3. The van der Waals surface area contributed by atoms with E-state index < -0.39 is 11.7 Å². The van der Waals surface area contributed by atoms with Crippen LogP contribution in [0.2, 0.25) is 0 Å².